The van der Waals surface area contributed by atoms with Crippen molar-refractivity contribution < 1.29 is 18.3 Å². The molecule has 7 nitrogen and oxygen atoms in total. The SMILES string of the molecule is COc1ccccc1C1C=C(c2ccc(OC(F)F)cc2)Nc2nnnn21. The van der Waals surface area contributed by atoms with E-state index in [-0.39, 0.29) is 11.8 Å². The van der Waals surface area contributed by atoms with Crippen molar-refractivity contribution in [1.82, 2.24) is 20.2 Å². The Hall–Kier alpha value is -3.49. The Kier molecular flexibility index (Phi) is 4.41. The van der Waals surface area contributed by atoms with E-state index in [9.17, 15) is 8.78 Å². The van der Waals surface area contributed by atoms with E-state index >= 15 is 0 Å². The van der Waals surface area contributed by atoms with Gasteiger partial charge in [-0.3, -0.25) is 0 Å². The number of hydrogen-bond donors (Lipinski definition) is 1. The van der Waals surface area contributed by atoms with E-state index in [1.807, 2.05) is 30.3 Å². The molecule has 0 amide bonds. The van der Waals surface area contributed by atoms with Crippen LogP contribution in [0.3, 0.4) is 0 Å². The lowest BCUT2D eigenvalue weighted by atomic mass is 10.0. The number of nitrogens with zero attached hydrogens (tertiary/aromatic N) is 4. The molecule has 1 unspecified atom stereocenters. The topological polar surface area (TPSA) is 74.1 Å². The van der Waals surface area contributed by atoms with Gasteiger partial charge in [-0.25, -0.2) is 0 Å². The van der Waals surface area contributed by atoms with Gasteiger partial charge in [0.15, 0.2) is 0 Å². The molecule has 0 fully saturated rings. The van der Waals surface area contributed by atoms with Crippen LogP contribution in [0.25, 0.3) is 5.70 Å². The third-order valence-corrected chi connectivity index (χ3v) is 4.18. The second kappa shape index (κ2) is 7.02. The van der Waals surface area contributed by atoms with Gasteiger partial charge >= 0.3 is 6.61 Å². The van der Waals surface area contributed by atoms with Crippen LogP contribution in [0.15, 0.2) is 54.6 Å². The quantitative estimate of drug-likeness (QED) is 0.742. The summed E-state index contributed by atoms with van der Waals surface area (Å²) in [5.74, 6) is 1.27. The number of fused-ring (bicyclic) bond motifs is 1. The molecule has 2 aromatic carbocycles. The number of para-hydroxylation sites is 1. The average Bonchev–Trinajstić information content (AvgIpc) is 3.16. The highest BCUT2D eigenvalue weighted by molar-refractivity contribution is 5.77. The van der Waals surface area contributed by atoms with Crippen LogP contribution in [0.2, 0.25) is 0 Å². The molecule has 9 heteroatoms. The van der Waals surface area contributed by atoms with Crippen LogP contribution in [0.4, 0.5) is 14.7 Å². The van der Waals surface area contributed by atoms with E-state index in [1.165, 1.54) is 12.1 Å². The van der Waals surface area contributed by atoms with Gasteiger partial charge in [-0.05, 0) is 52.4 Å². The van der Waals surface area contributed by atoms with Crippen LogP contribution >= 0.6 is 0 Å². The molecule has 1 aliphatic rings. The van der Waals surface area contributed by atoms with Crippen molar-refractivity contribution in [2.45, 2.75) is 12.7 Å². The molecule has 4 rings (SSSR count). The number of nitrogens with one attached hydrogen (secondary N) is 1. The van der Waals surface area contributed by atoms with Crippen molar-refractivity contribution in [3.8, 4) is 11.5 Å². The average molecular weight is 371 g/mol. The predicted octanol–water partition coefficient (Wildman–Crippen LogP) is 3.34. The molecule has 0 radical (unpaired) electrons. The van der Waals surface area contributed by atoms with Gasteiger partial charge < -0.3 is 14.8 Å². The number of hydrogen-bond acceptors (Lipinski definition) is 6. The summed E-state index contributed by atoms with van der Waals surface area (Å²) in [6.45, 7) is -2.86. The molecule has 0 aliphatic carbocycles. The van der Waals surface area contributed by atoms with Crippen LogP contribution < -0.4 is 14.8 Å². The first-order valence-corrected chi connectivity index (χ1v) is 8.10. The van der Waals surface area contributed by atoms with Crippen LogP contribution in [0.5, 0.6) is 11.5 Å². The van der Waals surface area contributed by atoms with E-state index in [0.717, 1.165) is 16.8 Å². The van der Waals surface area contributed by atoms with Gasteiger partial charge in [0.2, 0.25) is 5.95 Å². The summed E-state index contributed by atoms with van der Waals surface area (Å²) in [6, 6.07) is 13.7. The molecular weight excluding hydrogens is 356 g/mol. The highest BCUT2D eigenvalue weighted by Crippen LogP contribution is 2.35. The Labute approximate surface area is 153 Å². The minimum absolute atomic E-state index is 0.0938. The van der Waals surface area contributed by atoms with Crippen molar-refractivity contribution in [3.63, 3.8) is 0 Å². The largest absolute Gasteiger partial charge is 0.496 e. The van der Waals surface area contributed by atoms with Crippen molar-refractivity contribution >= 4 is 11.6 Å². The number of ether oxygens (including phenoxy) is 2. The van der Waals surface area contributed by atoms with E-state index < -0.39 is 6.61 Å². The monoisotopic (exact) mass is 371 g/mol. The van der Waals surface area contributed by atoms with Gasteiger partial charge in [0, 0.05) is 11.3 Å². The molecule has 27 heavy (non-hydrogen) atoms. The standard InChI is InChI=1S/C18H15F2N5O2/c1-26-16-5-3-2-4-13(16)15-10-14(21-18-22-23-24-25(15)18)11-6-8-12(9-7-11)27-17(19)20/h2-10,15,17H,1H3,(H,21,22,24). The predicted molar refractivity (Wildman–Crippen MR) is 93.6 cm³/mol. The number of aromatic nitrogens is 4. The summed E-state index contributed by atoms with van der Waals surface area (Å²) in [4.78, 5) is 0. The summed E-state index contributed by atoms with van der Waals surface area (Å²) >= 11 is 0. The maximum atomic E-state index is 12.3. The maximum absolute atomic E-state index is 12.3. The van der Waals surface area contributed by atoms with E-state index in [0.29, 0.717) is 11.7 Å². The number of benzene rings is 2. The highest BCUT2D eigenvalue weighted by Gasteiger charge is 2.26. The molecule has 2 heterocycles. The fourth-order valence-corrected chi connectivity index (χ4v) is 2.97. The van der Waals surface area contributed by atoms with Crippen molar-refractivity contribution in [3.05, 3.63) is 65.7 Å². The molecule has 138 valence electrons. The van der Waals surface area contributed by atoms with Crippen molar-refractivity contribution in [2.24, 2.45) is 0 Å². The molecule has 1 atom stereocenters. The van der Waals surface area contributed by atoms with Crippen LogP contribution in [0, 0.1) is 0 Å². The van der Waals surface area contributed by atoms with Gasteiger partial charge in [0.1, 0.15) is 17.5 Å². The highest BCUT2D eigenvalue weighted by atomic mass is 19.3. The third-order valence-electron chi connectivity index (χ3n) is 4.18. The zero-order valence-corrected chi connectivity index (χ0v) is 14.2. The number of alkyl halides is 2. The van der Waals surface area contributed by atoms with Crippen LogP contribution in [-0.2, 0) is 0 Å². The maximum Gasteiger partial charge on any atom is 0.387 e. The molecule has 1 aliphatic heterocycles. The fraction of sp³-hybridized carbons (Fsp3) is 0.167. The molecule has 0 bridgehead atoms. The number of anilines is 1. The minimum atomic E-state index is -2.86. The van der Waals surface area contributed by atoms with E-state index in [4.69, 9.17) is 4.74 Å². The second-order valence-corrected chi connectivity index (χ2v) is 5.74. The molecule has 0 spiro atoms. The lowest BCUT2D eigenvalue weighted by Crippen LogP contribution is -2.20. The van der Waals surface area contributed by atoms with Gasteiger partial charge in [-0.15, -0.1) is 0 Å². The fourth-order valence-electron chi connectivity index (χ4n) is 2.97. The first-order valence-electron chi connectivity index (χ1n) is 8.10. The van der Waals surface area contributed by atoms with Gasteiger partial charge in [-0.2, -0.15) is 13.5 Å². The number of methoxy groups -OCH3 is 1. The Morgan fingerprint density at radius 2 is 1.89 bits per heavy atom. The first-order chi connectivity index (χ1) is 13.2. The number of tetrazole rings is 1. The Morgan fingerprint density at radius 3 is 2.63 bits per heavy atom. The molecule has 1 aromatic heterocycles. The normalized spacial score (nSPS) is 15.7. The molecule has 1 N–H and O–H groups in total. The molecule has 3 aromatic rings. The Balaban J connectivity index is 1.73. The summed E-state index contributed by atoms with van der Waals surface area (Å²) in [5, 5.41) is 14.9. The summed E-state index contributed by atoms with van der Waals surface area (Å²) in [7, 11) is 1.60. The summed E-state index contributed by atoms with van der Waals surface area (Å²) < 4.78 is 36.2. The van der Waals surface area contributed by atoms with Crippen LogP contribution in [-0.4, -0.2) is 33.9 Å². The Morgan fingerprint density at radius 1 is 1.11 bits per heavy atom. The zero-order valence-electron chi connectivity index (χ0n) is 14.2. The van der Waals surface area contributed by atoms with Gasteiger partial charge in [0.05, 0.1) is 7.11 Å². The molecular formula is C18H15F2N5O2. The van der Waals surface area contributed by atoms with Crippen molar-refractivity contribution in [1.29, 1.82) is 0 Å². The van der Waals surface area contributed by atoms with Gasteiger partial charge in [0.25, 0.3) is 0 Å². The number of allylic oxidation sites excluding steroid dienone is 1. The summed E-state index contributed by atoms with van der Waals surface area (Å²) in [6.07, 6.45) is 1.95. The lowest BCUT2D eigenvalue weighted by molar-refractivity contribution is -0.0498. The minimum Gasteiger partial charge on any atom is -0.496 e. The third kappa shape index (κ3) is 3.31. The summed E-state index contributed by atoms with van der Waals surface area (Å²) in [5.41, 5.74) is 2.42. The Bertz CT molecular complexity index is 972. The van der Waals surface area contributed by atoms with Crippen LogP contribution in [0.1, 0.15) is 17.2 Å². The first kappa shape index (κ1) is 17.0. The second-order valence-electron chi connectivity index (χ2n) is 5.74. The van der Waals surface area contributed by atoms with Crippen molar-refractivity contribution in [2.75, 3.05) is 12.4 Å². The zero-order chi connectivity index (χ0) is 18.8. The smallest absolute Gasteiger partial charge is 0.387 e. The number of rotatable bonds is 5. The molecule has 0 saturated carbocycles. The van der Waals surface area contributed by atoms with E-state index in [1.54, 1.807) is 23.9 Å². The van der Waals surface area contributed by atoms with Gasteiger partial charge in [-0.1, -0.05) is 23.3 Å². The number of halogens is 2. The molecule has 0 saturated heterocycles. The lowest BCUT2D eigenvalue weighted by Gasteiger charge is -2.24. The van der Waals surface area contributed by atoms with E-state index in [2.05, 4.69) is 25.6 Å².